The van der Waals surface area contributed by atoms with Crippen molar-refractivity contribution in [3.05, 3.63) is 76.6 Å². The topological polar surface area (TPSA) is 49.7 Å². The van der Waals surface area contributed by atoms with Crippen LogP contribution in [-0.4, -0.2) is 24.9 Å². The molecule has 5 aromatic rings. The fourth-order valence-electron chi connectivity index (χ4n) is 5.02. The zero-order chi connectivity index (χ0) is 24.9. The average Bonchev–Trinajstić information content (AvgIpc) is 2.86. The molecule has 5 nitrogen and oxygen atoms in total. The highest BCUT2D eigenvalue weighted by Crippen LogP contribution is 2.46. The third-order valence-corrected chi connectivity index (χ3v) is 6.55. The monoisotopic (exact) mass is 467 g/mol. The molecular weight excluding hydrogens is 438 g/mol. The van der Waals surface area contributed by atoms with Crippen molar-refractivity contribution in [1.82, 2.24) is 4.57 Å². The molecule has 0 fully saturated rings. The second-order valence-corrected chi connectivity index (χ2v) is 9.07. The number of aryl methyl sites for hydroxylation is 2. The van der Waals surface area contributed by atoms with Crippen molar-refractivity contribution in [1.29, 1.82) is 0 Å². The predicted octanol–water partition coefficient (Wildman–Crippen LogP) is 6.62. The summed E-state index contributed by atoms with van der Waals surface area (Å²) in [4.78, 5) is 13.8. The Hall–Kier alpha value is -3.99. The van der Waals surface area contributed by atoms with Gasteiger partial charge in [-0.15, -0.1) is 0 Å². The van der Waals surface area contributed by atoms with E-state index in [4.69, 9.17) is 14.2 Å². The number of benzene rings is 4. The van der Waals surface area contributed by atoms with E-state index in [0.717, 1.165) is 43.8 Å². The largest absolute Gasteiger partial charge is 0.493 e. The standard InChI is InChI=1S/C30H29NO4/c1-17(2)35-28-18(3)12-13-20-22-15-14-21-23(27(22)31(4)30(32)26(20)28)16-24(33-5)29(34-6)25(21)19-10-8-7-9-11-19/h7-17H,1-6H3. The van der Waals surface area contributed by atoms with E-state index in [1.165, 1.54) is 0 Å². The quantitative estimate of drug-likeness (QED) is 0.272. The van der Waals surface area contributed by atoms with Crippen LogP contribution in [0.4, 0.5) is 0 Å². The van der Waals surface area contributed by atoms with Crippen LogP contribution in [0.1, 0.15) is 19.4 Å². The minimum atomic E-state index is -0.0876. The SMILES string of the molecule is COc1cc2c(ccc3c4ccc(C)c(OC(C)C)c4c(=O)n(C)c23)c(-c2ccccc2)c1OC. The number of aromatic nitrogens is 1. The van der Waals surface area contributed by atoms with Crippen LogP contribution < -0.4 is 19.8 Å². The predicted molar refractivity (Wildman–Crippen MR) is 143 cm³/mol. The van der Waals surface area contributed by atoms with Gasteiger partial charge >= 0.3 is 0 Å². The fraction of sp³-hybridized carbons (Fsp3) is 0.233. The van der Waals surface area contributed by atoms with Crippen LogP contribution in [0.2, 0.25) is 0 Å². The van der Waals surface area contributed by atoms with Gasteiger partial charge in [0.25, 0.3) is 5.56 Å². The number of rotatable bonds is 5. The van der Waals surface area contributed by atoms with Crippen LogP contribution in [-0.2, 0) is 7.05 Å². The lowest BCUT2D eigenvalue weighted by Crippen LogP contribution is -2.20. The first-order valence-corrected chi connectivity index (χ1v) is 11.7. The van der Waals surface area contributed by atoms with E-state index in [1.54, 1.807) is 18.8 Å². The Morgan fingerprint density at radius 2 is 1.49 bits per heavy atom. The molecule has 0 radical (unpaired) electrons. The third-order valence-electron chi connectivity index (χ3n) is 6.55. The maximum absolute atomic E-state index is 13.8. The van der Waals surface area contributed by atoms with Crippen LogP contribution in [0.5, 0.6) is 17.2 Å². The fourth-order valence-corrected chi connectivity index (χ4v) is 5.02. The zero-order valence-electron chi connectivity index (χ0n) is 20.9. The molecule has 178 valence electrons. The Balaban J connectivity index is 2.00. The Labute approximate surface area is 204 Å². The van der Waals surface area contributed by atoms with Crippen molar-refractivity contribution in [2.24, 2.45) is 7.05 Å². The first-order chi connectivity index (χ1) is 16.9. The van der Waals surface area contributed by atoms with E-state index in [-0.39, 0.29) is 11.7 Å². The number of fused-ring (bicyclic) bond motifs is 5. The summed E-state index contributed by atoms with van der Waals surface area (Å²) in [7, 11) is 5.11. The van der Waals surface area contributed by atoms with Gasteiger partial charge in [-0.25, -0.2) is 0 Å². The highest BCUT2D eigenvalue weighted by atomic mass is 16.5. The van der Waals surface area contributed by atoms with Crippen LogP contribution in [0.25, 0.3) is 43.6 Å². The minimum absolute atomic E-state index is 0.0403. The molecule has 0 aliphatic carbocycles. The van der Waals surface area contributed by atoms with Crippen LogP contribution >= 0.6 is 0 Å². The molecule has 1 aromatic heterocycles. The molecule has 35 heavy (non-hydrogen) atoms. The van der Waals surface area contributed by atoms with Crippen molar-refractivity contribution in [3.8, 4) is 28.4 Å². The van der Waals surface area contributed by atoms with Crippen LogP contribution in [0, 0.1) is 6.92 Å². The summed E-state index contributed by atoms with van der Waals surface area (Å²) in [5.41, 5.74) is 3.65. The van der Waals surface area contributed by atoms with E-state index < -0.39 is 0 Å². The van der Waals surface area contributed by atoms with Crippen molar-refractivity contribution in [2.45, 2.75) is 26.9 Å². The number of ether oxygens (including phenoxy) is 3. The molecule has 0 aliphatic rings. The van der Waals surface area contributed by atoms with Gasteiger partial charge < -0.3 is 18.8 Å². The van der Waals surface area contributed by atoms with Gasteiger partial charge in [-0.2, -0.15) is 0 Å². The van der Waals surface area contributed by atoms with Crippen molar-refractivity contribution < 1.29 is 14.2 Å². The molecule has 0 spiro atoms. The molecule has 1 heterocycles. The Kier molecular flexibility index (Phi) is 5.64. The maximum Gasteiger partial charge on any atom is 0.262 e. The van der Waals surface area contributed by atoms with Crippen molar-refractivity contribution >= 4 is 32.4 Å². The summed E-state index contributed by atoms with van der Waals surface area (Å²) in [6.07, 6.45) is -0.0403. The Bertz CT molecular complexity index is 1650. The summed E-state index contributed by atoms with van der Waals surface area (Å²) in [6.45, 7) is 5.93. The van der Waals surface area contributed by atoms with Crippen LogP contribution in [0.3, 0.4) is 0 Å². The van der Waals surface area contributed by atoms with E-state index in [0.29, 0.717) is 22.6 Å². The number of hydrogen-bond donors (Lipinski definition) is 0. The summed E-state index contributed by atoms with van der Waals surface area (Å²) in [6, 6.07) is 20.3. The third kappa shape index (κ3) is 3.50. The van der Waals surface area contributed by atoms with Gasteiger partial charge in [0.05, 0.1) is 31.2 Å². The summed E-state index contributed by atoms with van der Waals surface area (Å²) in [5, 5.41) is 4.38. The summed E-state index contributed by atoms with van der Waals surface area (Å²) in [5.74, 6) is 1.93. The van der Waals surface area contributed by atoms with E-state index in [1.807, 2.05) is 64.2 Å². The first kappa shape index (κ1) is 22.8. The molecule has 0 bridgehead atoms. The molecule has 0 saturated carbocycles. The lowest BCUT2D eigenvalue weighted by molar-refractivity contribution is 0.243. The van der Waals surface area contributed by atoms with Gasteiger partial charge in [0, 0.05) is 28.8 Å². The van der Waals surface area contributed by atoms with Crippen LogP contribution in [0.15, 0.2) is 65.5 Å². The minimum Gasteiger partial charge on any atom is -0.493 e. The molecule has 5 heteroatoms. The van der Waals surface area contributed by atoms with Gasteiger partial charge in [-0.3, -0.25) is 4.79 Å². The number of hydrogen-bond acceptors (Lipinski definition) is 4. The number of pyridine rings is 1. The van der Waals surface area contributed by atoms with Gasteiger partial charge in [-0.05, 0) is 43.4 Å². The normalized spacial score (nSPS) is 11.5. The Morgan fingerprint density at radius 1 is 0.800 bits per heavy atom. The molecule has 0 N–H and O–H groups in total. The van der Waals surface area contributed by atoms with Gasteiger partial charge in [0.1, 0.15) is 5.75 Å². The second-order valence-electron chi connectivity index (χ2n) is 9.07. The second kappa shape index (κ2) is 8.66. The number of methoxy groups -OCH3 is 2. The Morgan fingerprint density at radius 3 is 2.14 bits per heavy atom. The molecule has 4 aromatic carbocycles. The lowest BCUT2D eigenvalue weighted by Gasteiger charge is -2.20. The molecule has 0 saturated heterocycles. The molecule has 0 unspecified atom stereocenters. The number of nitrogens with zero attached hydrogens (tertiary/aromatic N) is 1. The first-order valence-electron chi connectivity index (χ1n) is 11.7. The van der Waals surface area contributed by atoms with E-state index in [2.05, 4.69) is 24.3 Å². The van der Waals surface area contributed by atoms with E-state index >= 15 is 0 Å². The molecule has 5 rings (SSSR count). The van der Waals surface area contributed by atoms with E-state index in [9.17, 15) is 4.79 Å². The summed E-state index contributed by atoms with van der Waals surface area (Å²) < 4.78 is 19.4. The molecular formula is C30H29NO4. The zero-order valence-corrected chi connectivity index (χ0v) is 20.9. The van der Waals surface area contributed by atoms with Gasteiger partial charge in [0.15, 0.2) is 11.5 Å². The van der Waals surface area contributed by atoms with Gasteiger partial charge in [0.2, 0.25) is 0 Å². The highest BCUT2D eigenvalue weighted by molar-refractivity contribution is 6.19. The highest BCUT2D eigenvalue weighted by Gasteiger charge is 2.22. The van der Waals surface area contributed by atoms with Crippen molar-refractivity contribution in [3.63, 3.8) is 0 Å². The molecule has 0 amide bonds. The molecule has 0 aliphatic heterocycles. The maximum atomic E-state index is 13.8. The average molecular weight is 468 g/mol. The lowest BCUT2D eigenvalue weighted by atomic mass is 9.93. The smallest absolute Gasteiger partial charge is 0.262 e. The summed E-state index contributed by atoms with van der Waals surface area (Å²) >= 11 is 0. The van der Waals surface area contributed by atoms with Crippen molar-refractivity contribution in [2.75, 3.05) is 14.2 Å². The molecule has 0 atom stereocenters. The van der Waals surface area contributed by atoms with Gasteiger partial charge in [-0.1, -0.05) is 54.6 Å².